The van der Waals surface area contributed by atoms with Gasteiger partial charge in [0.05, 0.1) is 7.11 Å². The van der Waals surface area contributed by atoms with Crippen LogP contribution in [0.3, 0.4) is 0 Å². The van der Waals surface area contributed by atoms with Gasteiger partial charge in [-0.25, -0.2) is 8.78 Å². The van der Waals surface area contributed by atoms with E-state index in [4.69, 9.17) is 0 Å². The summed E-state index contributed by atoms with van der Waals surface area (Å²) >= 11 is 0. The highest BCUT2D eigenvalue weighted by molar-refractivity contribution is 5.80. The smallest absolute Gasteiger partial charge is 0.305 e. The summed E-state index contributed by atoms with van der Waals surface area (Å²) in [7, 11) is 3.08. The van der Waals surface area contributed by atoms with Crippen molar-refractivity contribution in [3.63, 3.8) is 0 Å². The lowest BCUT2D eigenvalue weighted by Gasteiger charge is -2.21. The topological polar surface area (TPSA) is 66.0 Å². The molecule has 0 radical (unpaired) electrons. The quantitative estimate of drug-likeness (QED) is 0.313. The van der Waals surface area contributed by atoms with Gasteiger partial charge >= 0.3 is 5.97 Å². The van der Waals surface area contributed by atoms with E-state index in [0.29, 0.717) is 25.5 Å². The summed E-state index contributed by atoms with van der Waals surface area (Å²) in [6.45, 7) is 1.83. The van der Waals surface area contributed by atoms with Crippen LogP contribution in [0.1, 0.15) is 32.1 Å². The first kappa shape index (κ1) is 20.9. The van der Waals surface area contributed by atoms with Crippen LogP contribution in [0, 0.1) is 11.6 Å². The summed E-state index contributed by atoms with van der Waals surface area (Å²) in [6, 6.07) is 3.99. The molecule has 1 aliphatic rings. The van der Waals surface area contributed by atoms with Gasteiger partial charge in [-0.1, -0.05) is 12.5 Å². The van der Waals surface area contributed by atoms with Crippen LogP contribution < -0.4 is 15.5 Å². The van der Waals surface area contributed by atoms with Gasteiger partial charge in [-0.05, 0) is 31.4 Å². The molecular formula is C19H28F2N4O2. The lowest BCUT2D eigenvalue weighted by molar-refractivity contribution is -0.140. The summed E-state index contributed by atoms with van der Waals surface area (Å²) < 4.78 is 32.5. The molecule has 1 saturated heterocycles. The SMILES string of the molecule is CN=C(NCCCCCC(=O)OC)NC1CCN(c2c(F)cccc2F)C1. The fraction of sp³-hybridized carbons (Fsp3) is 0.579. The molecule has 0 amide bonds. The zero-order chi connectivity index (χ0) is 19.6. The zero-order valence-electron chi connectivity index (χ0n) is 15.9. The standard InChI is InChI=1S/C19H28F2N4O2/c1-22-19(23-11-5-3-4-9-17(26)27-2)24-14-10-12-25(13-14)18-15(20)7-6-8-16(18)21/h6-8,14H,3-5,9-13H2,1-2H3,(H2,22,23,24). The second kappa shape index (κ2) is 10.7. The van der Waals surface area contributed by atoms with Crippen molar-refractivity contribution >= 4 is 17.6 Å². The Morgan fingerprint density at radius 3 is 2.70 bits per heavy atom. The largest absolute Gasteiger partial charge is 0.469 e. The van der Waals surface area contributed by atoms with Crippen molar-refractivity contribution < 1.29 is 18.3 Å². The Kier molecular flexibility index (Phi) is 8.29. The van der Waals surface area contributed by atoms with E-state index in [9.17, 15) is 13.6 Å². The maximum atomic E-state index is 13.9. The minimum atomic E-state index is -0.537. The molecule has 6 nitrogen and oxygen atoms in total. The number of ether oxygens (including phenoxy) is 1. The first-order valence-corrected chi connectivity index (χ1v) is 9.28. The van der Waals surface area contributed by atoms with E-state index in [2.05, 4.69) is 20.4 Å². The molecule has 0 aliphatic carbocycles. The Bertz CT molecular complexity index is 634. The fourth-order valence-electron chi connectivity index (χ4n) is 3.14. The van der Waals surface area contributed by atoms with Gasteiger partial charge in [0.15, 0.2) is 5.96 Å². The zero-order valence-corrected chi connectivity index (χ0v) is 15.9. The lowest BCUT2D eigenvalue weighted by atomic mass is 10.2. The van der Waals surface area contributed by atoms with Crippen LogP contribution in [-0.4, -0.2) is 51.8 Å². The Labute approximate surface area is 159 Å². The number of nitrogens with zero attached hydrogens (tertiary/aromatic N) is 2. The van der Waals surface area contributed by atoms with Gasteiger partial charge in [0.1, 0.15) is 17.3 Å². The molecule has 1 unspecified atom stereocenters. The molecule has 1 aliphatic heterocycles. The number of aliphatic imine (C=N–C) groups is 1. The molecule has 0 aromatic heterocycles. The van der Waals surface area contributed by atoms with Crippen molar-refractivity contribution in [2.24, 2.45) is 4.99 Å². The third-order valence-corrected chi connectivity index (χ3v) is 4.58. The van der Waals surface area contributed by atoms with Crippen molar-refractivity contribution in [3.8, 4) is 0 Å². The third kappa shape index (κ3) is 6.37. The second-order valence-corrected chi connectivity index (χ2v) is 6.53. The molecule has 150 valence electrons. The van der Waals surface area contributed by atoms with Crippen LogP contribution in [0.2, 0.25) is 0 Å². The summed E-state index contributed by atoms with van der Waals surface area (Å²) in [5, 5.41) is 6.53. The van der Waals surface area contributed by atoms with Crippen LogP contribution in [0.15, 0.2) is 23.2 Å². The molecule has 1 aromatic carbocycles. The molecular weight excluding hydrogens is 354 g/mol. The Hall–Kier alpha value is -2.38. The van der Waals surface area contributed by atoms with Gasteiger partial charge < -0.3 is 20.3 Å². The predicted molar refractivity (Wildman–Crippen MR) is 102 cm³/mol. The van der Waals surface area contributed by atoms with E-state index in [-0.39, 0.29) is 17.7 Å². The van der Waals surface area contributed by atoms with Crippen molar-refractivity contribution in [1.82, 2.24) is 10.6 Å². The van der Waals surface area contributed by atoms with Crippen LogP contribution >= 0.6 is 0 Å². The summed E-state index contributed by atoms with van der Waals surface area (Å²) in [4.78, 5) is 17.0. The number of halogens is 2. The number of carbonyl (C=O) groups excluding carboxylic acids is 1. The molecule has 2 rings (SSSR count). The number of methoxy groups -OCH3 is 1. The minimum absolute atomic E-state index is 0.0374. The fourth-order valence-corrected chi connectivity index (χ4v) is 3.14. The van der Waals surface area contributed by atoms with Gasteiger partial charge in [-0.3, -0.25) is 9.79 Å². The Balaban J connectivity index is 1.72. The van der Waals surface area contributed by atoms with Crippen LogP contribution in [0.25, 0.3) is 0 Å². The number of hydrogen-bond acceptors (Lipinski definition) is 4. The van der Waals surface area contributed by atoms with E-state index in [1.807, 2.05) is 0 Å². The summed E-state index contributed by atoms with van der Waals surface area (Å²) in [5.74, 6) is -0.587. The molecule has 2 N–H and O–H groups in total. The third-order valence-electron chi connectivity index (χ3n) is 4.58. The molecule has 1 atom stereocenters. The van der Waals surface area contributed by atoms with Gasteiger partial charge in [0, 0.05) is 39.1 Å². The van der Waals surface area contributed by atoms with Crippen molar-refractivity contribution in [3.05, 3.63) is 29.8 Å². The van der Waals surface area contributed by atoms with E-state index in [1.165, 1.54) is 25.3 Å². The van der Waals surface area contributed by atoms with Crippen LogP contribution in [0.5, 0.6) is 0 Å². The van der Waals surface area contributed by atoms with E-state index in [1.54, 1.807) is 11.9 Å². The molecule has 1 fully saturated rings. The van der Waals surface area contributed by atoms with E-state index < -0.39 is 11.6 Å². The Morgan fingerprint density at radius 1 is 1.30 bits per heavy atom. The monoisotopic (exact) mass is 382 g/mol. The average Bonchev–Trinajstić information content (AvgIpc) is 3.11. The number of para-hydroxylation sites is 1. The minimum Gasteiger partial charge on any atom is -0.469 e. The number of unbranched alkanes of at least 4 members (excludes halogenated alkanes) is 2. The maximum absolute atomic E-state index is 13.9. The number of esters is 1. The number of rotatable bonds is 8. The number of guanidine groups is 1. The van der Waals surface area contributed by atoms with E-state index >= 15 is 0 Å². The first-order valence-electron chi connectivity index (χ1n) is 9.28. The van der Waals surface area contributed by atoms with Gasteiger partial charge in [0.2, 0.25) is 0 Å². The average molecular weight is 382 g/mol. The summed E-state index contributed by atoms with van der Waals surface area (Å²) in [5.41, 5.74) is 0.0374. The number of benzene rings is 1. The molecule has 8 heteroatoms. The number of nitrogens with one attached hydrogen (secondary N) is 2. The van der Waals surface area contributed by atoms with Gasteiger partial charge in [0.25, 0.3) is 0 Å². The van der Waals surface area contributed by atoms with Gasteiger partial charge in [-0.15, -0.1) is 0 Å². The lowest BCUT2D eigenvalue weighted by Crippen LogP contribution is -2.45. The molecule has 1 aromatic rings. The van der Waals surface area contributed by atoms with E-state index in [0.717, 1.165) is 32.2 Å². The molecule has 0 spiro atoms. The molecule has 1 heterocycles. The number of hydrogen-bond donors (Lipinski definition) is 2. The molecule has 0 bridgehead atoms. The highest BCUT2D eigenvalue weighted by Crippen LogP contribution is 2.26. The van der Waals surface area contributed by atoms with Crippen molar-refractivity contribution in [2.75, 3.05) is 38.7 Å². The summed E-state index contributed by atoms with van der Waals surface area (Å²) in [6.07, 6.45) is 3.84. The maximum Gasteiger partial charge on any atom is 0.305 e. The van der Waals surface area contributed by atoms with Gasteiger partial charge in [-0.2, -0.15) is 0 Å². The highest BCUT2D eigenvalue weighted by Gasteiger charge is 2.27. The van der Waals surface area contributed by atoms with Crippen LogP contribution in [-0.2, 0) is 9.53 Å². The van der Waals surface area contributed by atoms with Crippen LogP contribution in [0.4, 0.5) is 14.5 Å². The number of carbonyl (C=O) groups is 1. The Morgan fingerprint density at radius 2 is 2.04 bits per heavy atom. The first-order chi connectivity index (χ1) is 13.0. The van der Waals surface area contributed by atoms with Crippen molar-refractivity contribution in [1.29, 1.82) is 0 Å². The molecule has 0 saturated carbocycles. The second-order valence-electron chi connectivity index (χ2n) is 6.53. The normalized spacial score (nSPS) is 17.1. The predicted octanol–water partition coefficient (Wildman–Crippen LogP) is 2.44. The van der Waals surface area contributed by atoms with Crippen molar-refractivity contribution in [2.45, 2.75) is 38.1 Å². The highest BCUT2D eigenvalue weighted by atomic mass is 19.1. The number of anilines is 1. The molecule has 27 heavy (non-hydrogen) atoms.